The SMILES string of the molecule is COc1ccc(Cl)cc1S(=O)(=O)NCC(O)(c1ccoc1)c1ccco1. The van der Waals surface area contributed by atoms with Crippen LogP contribution in [-0.2, 0) is 15.6 Å². The van der Waals surface area contributed by atoms with Gasteiger partial charge in [0.1, 0.15) is 16.4 Å². The number of ether oxygens (including phenoxy) is 1. The molecule has 138 valence electrons. The summed E-state index contributed by atoms with van der Waals surface area (Å²) in [4.78, 5) is -0.138. The van der Waals surface area contributed by atoms with Gasteiger partial charge in [-0.25, -0.2) is 13.1 Å². The Morgan fingerprint density at radius 3 is 2.69 bits per heavy atom. The lowest BCUT2D eigenvalue weighted by Crippen LogP contribution is -2.41. The predicted molar refractivity (Wildman–Crippen MR) is 93.6 cm³/mol. The maximum Gasteiger partial charge on any atom is 0.244 e. The molecule has 1 atom stereocenters. The Labute approximate surface area is 155 Å². The number of hydrogen-bond acceptors (Lipinski definition) is 6. The molecule has 0 saturated heterocycles. The Bertz CT molecular complexity index is 933. The van der Waals surface area contributed by atoms with Gasteiger partial charge in [0.15, 0.2) is 5.60 Å². The first-order chi connectivity index (χ1) is 12.4. The van der Waals surface area contributed by atoms with Gasteiger partial charge in [-0.05, 0) is 36.4 Å². The first-order valence-electron chi connectivity index (χ1n) is 7.49. The van der Waals surface area contributed by atoms with Crippen LogP contribution in [-0.4, -0.2) is 27.2 Å². The minimum absolute atomic E-state index is 0.131. The quantitative estimate of drug-likeness (QED) is 0.635. The van der Waals surface area contributed by atoms with Crippen molar-refractivity contribution in [1.29, 1.82) is 0 Å². The molecule has 0 aliphatic carbocycles. The second-order valence-electron chi connectivity index (χ2n) is 5.47. The van der Waals surface area contributed by atoms with Crippen molar-refractivity contribution in [2.75, 3.05) is 13.7 Å². The largest absolute Gasteiger partial charge is 0.495 e. The number of halogens is 1. The second kappa shape index (κ2) is 7.16. The molecule has 3 rings (SSSR count). The predicted octanol–water partition coefficient (Wildman–Crippen LogP) is 2.75. The van der Waals surface area contributed by atoms with Gasteiger partial charge in [0.2, 0.25) is 10.0 Å². The van der Waals surface area contributed by atoms with Gasteiger partial charge >= 0.3 is 0 Å². The minimum Gasteiger partial charge on any atom is -0.495 e. The summed E-state index contributed by atoms with van der Waals surface area (Å²) in [7, 11) is -2.68. The molecule has 2 N–H and O–H groups in total. The van der Waals surface area contributed by atoms with Crippen LogP contribution in [0.2, 0.25) is 5.02 Å². The molecule has 0 spiro atoms. The first-order valence-corrected chi connectivity index (χ1v) is 9.35. The van der Waals surface area contributed by atoms with Gasteiger partial charge in [0.25, 0.3) is 0 Å². The zero-order valence-electron chi connectivity index (χ0n) is 13.7. The standard InChI is InChI=1S/C17H16ClNO6S/c1-23-14-5-4-13(18)9-15(14)26(21,22)19-11-17(20,12-6-8-24-10-12)16-3-2-7-25-16/h2-10,19-20H,11H2,1H3. The van der Waals surface area contributed by atoms with E-state index < -0.39 is 22.2 Å². The maximum atomic E-state index is 12.7. The molecule has 0 fully saturated rings. The molecular formula is C17H16ClNO6S. The highest BCUT2D eigenvalue weighted by atomic mass is 35.5. The van der Waals surface area contributed by atoms with Crippen LogP contribution in [0.1, 0.15) is 11.3 Å². The summed E-state index contributed by atoms with van der Waals surface area (Å²) in [5.41, 5.74) is -1.41. The smallest absolute Gasteiger partial charge is 0.244 e. The van der Waals surface area contributed by atoms with E-state index in [0.29, 0.717) is 5.56 Å². The molecule has 0 bridgehead atoms. The van der Waals surface area contributed by atoms with Gasteiger partial charge in [-0.15, -0.1) is 0 Å². The topological polar surface area (TPSA) is 102 Å². The van der Waals surface area contributed by atoms with E-state index in [4.69, 9.17) is 25.2 Å². The van der Waals surface area contributed by atoms with Crippen molar-refractivity contribution < 1.29 is 27.1 Å². The number of rotatable bonds is 7. The van der Waals surface area contributed by atoms with Crippen LogP contribution in [0.5, 0.6) is 5.75 Å². The summed E-state index contributed by atoms with van der Waals surface area (Å²) in [5.74, 6) is 0.298. The summed E-state index contributed by atoms with van der Waals surface area (Å²) in [6, 6.07) is 8.90. The van der Waals surface area contributed by atoms with Gasteiger partial charge in [-0.2, -0.15) is 0 Å². The first kappa shape index (κ1) is 18.5. The van der Waals surface area contributed by atoms with Crippen LogP contribution >= 0.6 is 11.6 Å². The highest BCUT2D eigenvalue weighted by Crippen LogP contribution is 2.31. The number of furan rings is 2. The molecule has 0 amide bonds. The van der Waals surface area contributed by atoms with Gasteiger partial charge in [-0.1, -0.05) is 11.6 Å². The summed E-state index contributed by atoms with van der Waals surface area (Å²) in [5, 5.41) is 11.3. The molecule has 26 heavy (non-hydrogen) atoms. The number of sulfonamides is 1. The number of nitrogens with one attached hydrogen (secondary N) is 1. The molecule has 2 heterocycles. The molecular weight excluding hydrogens is 382 g/mol. The normalized spacial score (nSPS) is 14.1. The van der Waals surface area contributed by atoms with Gasteiger partial charge in [0.05, 0.1) is 32.4 Å². The number of benzene rings is 1. The Morgan fingerprint density at radius 2 is 2.08 bits per heavy atom. The fourth-order valence-corrected chi connectivity index (χ4v) is 3.97. The van der Waals surface area contributed by atoms with Crippen LogP contribution < -0.4 is 9.46 Å². The van der Waals surface area contributed by atoms with Gasteiger partial charge in [0, 0.05) is 10.6 Å². The van der Waals surface area contributed by atoms with Crippen molar-refractivity contribution >= 4 is 21.6 Å². The van der Waals surface area contributed by atoms with Crippen LogP contribution in [0.15, 0.2) is 68.9 Å². The molecule has 0 radical (unpaired) electrons. The van der Waals surface area contributed by atoms with Gasteiger partial charge in [-0.3, -0.25) is 0 Å². The Kier molecular flexibility index (Phi) is 5.10. The lowest BCUT2D eigenvalue weighted by atomic mass is 9.94. The fraction of sp³-hybridized carbons (Fsp3) is 0.176. The van der Waals surface area contributed by atoms with Gasteiger partial charge < -0.3 is 18.7 Å². The highest BCUT2D eigenvalue weighted by Gasteiger charge is 2.37. The third-order valence-electron chi connectivity index (χ3n) is 3.86. The van der Waals surface area contributed by atoms with E-state index in [1.807, 2.05) is 0 Å². The maximum absolute atomic E-state index is 12.7. The third-order valence-corrected chi connectivity index (χ3v) is 5.52. The molecule has 3 aromatic rings. The minimum atomic E-state index is -4.03. The Balaban J connectivity index is 1.94. The van der Waals surface area contributed by atoms with Crippen LogP contribution in [0.25, 0.3) is 0 Å². The van der Waals surface area contributed by atoms with Crippen LogP contribution in [0.4, 0.5) is 0 Å². The van der Waals surface area contributed by atoms with Crippen molar-refractivity contribution in [1.82, 2.24) is 4.72 Å². The molecule has 1 aromatic carbocycles. The third kappa shape index (κ3) is 3.49. The van der Waals surface area contributed by atoms with Crippen LogP contribution in [0.3, 0.4) is 0 Å². The average molecular weight is 398 g/mol. The molecule has 2 aromatic heterocycles. The van der Waals surface area contributed by atoms with E-state index >= 15 is 0 Å². The molecule has 1 unspecified atom stereocenters. The van der Waals surface area contributed by atoms with E-state index in [-0.39, 0.29) is 21.4 Å². The van der Waals surface area contributed by atoms with Crippen LogP contribution in [0, 0.1) is 0 Å². The molecule has 7 nitrogen and oxygen atoms in total. The number of hydrogen-bond donors (Lipinski definition) is 2. The highest BCUT2D eigenvalue weighted by molar-refractivity contribution is 7.89. The lowest BCUT2D eigenvalue weighted by Gasteiger charge is -2.25. The molecule has 0 aliphatic rings. The molecule has 0 aliphatic heterocycles. The van der Waals surface area contributed by atoms with Crippen molar-refractivity contribution in [2.24, 2.45) is 0 Å². The summed E-state index contributed by atoms with van der Waals surface area (Å²) >= 11 is 5.91. The van der Waals surface area contributed by atoms with E-state index in [2.05, 4.69) is 4.72 Å². The number of aliphatic hydroxyl groups is 1. The fourth-order valence-electron chi connectivity index (χ4n) is 2.48. The molecule has 9 heteroatoms. The Hall–Kier alpha value is -2.26. The zero-order valence-corrected chi connectivity index (χ0v) is 15.3. The second-order valence-corrected chi connectivity index (χ2v) is 7.64. The monoisotopic (exact) mass is 397 g/mol. The molecule has 0 saturated carbocycles. The Morgan fingerprint density at radius 1 is 1.27 bits per heavy atom. The van der Waals surface area contributed by atoms with E-state index in [0.717, 1.165) is 0 Å². The van der Waals surface area contributed by atoms with Crippen molar-refractivity contribution in [3.63, 3.8) is 0 Å². The van der Waals surface area contributed by atoms with E-state index in [1.54, 1.807) is 12.1 Å². The summed E-state index contributed by atoms with van der Waals surface area (Å²) in [6.45, 7) is -0.391. The zero-order chi connectivity index (χ0) is 18.8. The van der Waals surface area contributed by atoms with Crippen molar-refractivity contribution in [3.8, 4) is 5.75 Å². The summed E-state index contributed by atoms with van der Waals surface area (Å²) < 4.78 is 43.2. The number of methoxy groups -OCH3 is 1. The average Bonchev–Trinajstić information content (AvgIpc) is 3.33. The summed E-state index contributed by atoms with van der Waals surface area (Å²) in [6.07, 6.45) is 4.07. The van der Waals surface area contributed by atoms with E-state index in [1.165, 1.54) is 50.2 Å². The van der Waals surface area contributed by atoms with Crippen molar-refractivity contribution in [2.45, 2.75) is 10.5 Å². The lowest BCUT2D eigenvalue weighted by molar-refractivity contribution is 0.0613. The van der Waals surface area contributed by atoms with Crippen molar-refractivity contribution in [3.05, 3.63) is 71.5 Å². The van der Waals surface area contributed by atoms with E-state index in [9.17, 15) is 13.5 Å².